The van der Waals surface area contributed by atoms with Crippen molar-refractivity contribution in [2.45, 2.75) is 38.5 Å². The third-order valence-corrected chi connectivity index (χ3v) is 3.68. The van der Waals surface area contributed by atoms with Gasteiger partial charge in [-0.05, 0) is 19.8 Å². The van der Waals surface area contributed by atoms with Crippen LogP contribution < -0.4 is 5.32 Å². The SMILES string of the molecule is CC(Nc1cnn(CC2CCCO2)c1)c1nccn1C. The predicted octanol–water partition coefficient (Wildman–Crippen LogP) is 1.97. The minimum absolute atomic E-state index is 0.149. The Morgan fingerprint density at radius 3 is 3.15 bits per heavy atom. The van der Waals surface area contributed by atoms with Crippen LogP contribution in [0, 0.1) is 0 Å². The molecule has 108 valence electrons. The lowest BCUT2D eigenvalue weighted by Crippen LogP contribution is -2.15. The van der Waals surface area contributed by atoms with Crippen LogP contribution in [0.5, 0.6) is 0 Å². The number of ether oxygens (including phenoxy) is 1. The second kappa shape index (κ2) is 5.66. The molecule has 2 unspecified atom stereocenters. The van der Waals surface area contributed by atoms with Crippen LogP contribution in [0.25, 0.3) is 0 Å². The van der Waals surface area contributed by atoms with Crippen molar-refractivity contribution >= 4 is 5.69 Å². The van der Waals surface area contributed by atoms with Gasteiger partial charge in [0.1, 0.15) is 5.82 Å². The first-order chi connectivity index (χ1) is 9.72. The van der Waals surface area contributed by atoms with Crippen LogP contribution in [0.1, 0.15) is 31.6 Å². The van der Waals surface area contributed by atoms with E-state index in [0.717, 1.165) is 37.5 Å². The van der Waals surface area contributed by atoms with E-state index in [1.807, 2.05) is 41.1 Å². The molecule has 1 aliphatic rings. The molecule has 0 aromatic carbocycles. The highest BCUT2D eigenvalue weighted by atomic mass is 16.5. The number of aromatic nitrogens is 4. The summed E-state index contributed by atoms with van der Waals surface area (Å²) in [6.07, 6.45) is 10.3. The normalized spacial score (nSPS) is 20.2. The third kappa shape index (κ3) is 2.85. The summed E-state index contributed by atoms with van der Waals surface area (Å²) in [6.45, 7) is 3.81. The number of rotatable bonds is 5. The second-order valence-corrected chi connectivity index (χ2v) is 5.35. The predicted molar refractivity (Wildman–Crippen MR) is 76.4 cm³/mol. The molecule has 3 rings (SSSR count). The molecule has 20 heavy (non-hydrogen) atoms. The summed E-state index contributed by atoms with van der Waals surface area (Å²) in [6, 6.07) is 0.149. The molecule has 0 spiro atoms. The number of anilines is 1. The average molecular weight is 275 g/mol. The van der Waals surface area contributed by atoms with Crippen LogP contribution in [-0.2, 0) is 18.3 Å². The van der Waals surface area contributed by atoms with Crippen LogP contribution in [0.15, 0.2) is 24.8 Å². The Labute approximate surface area is 118 Å². The number of imidazole rings is 1. The molecule has 6 nitrogen and oxygen atoms in total. The summed E-state index contributed by atoms with van der Waals surface area (Å²) in [5, 5.41) is 7.81. The van der Waals surface area contributed by atoms with Crippen LogP contribution in [0.4, 0.5) is 5.69 Å². The number of hydrogen-bond acceptors (Lipinski definition) is 4. The number of hydrogen-bond donors (Lipinski definition) is 1. The van der Waals surface area contributed by atoms with Gasteiger partial charge < -0.3 is 14.6 Å². The summed E-state index contributed by atoms with van der Waals surface area (Å²) in [5.74, 6) is 1.01. The molecule has 3 heterocycles. The van der Waals surface area contributed by atoms with Crippen molar-refractivity contribution in [2.24, 2.45) is 7.05 Å². The van der Waals surface area contributed by atoms with E-state index in [2.05, 4.69) is 22.3 Å². The Morgan fingerprint density at radius 1 is 1.55 bits per heavy atom. The van der Waals surface area contributed by atoms with Crippen molar-refractivity contribution in [1.29, 1.82) is 0 Å². The molecule has 0 bridgehead atoms. The van der Waals surface area contributed by atoms with E-state index in [-0.39, 0.29) is 6.04 Å². The minimum Gasteiger partial charge on any atom is -0.376 e. The van der Waals surface area contributed by atoms with Crippen LogP contribution in [0.3, 0.4) is 0 Å². The van der Waals surface area contributed by atoms with E-state index in [1.54, 1.807) is 0 Å². The van der Waals surface area contributed by atoms with Gasteiger partial charge in [0, 0.05) is 32.2 Å². The summed E-state index contributed by atoms with van der Waals surface area (Å²) >= 11 is 0. The monoisotopic (exact) mass is 275 g/mol. The fourth-order valence-electron chi connectivity index (χ4n) is 2.64. The van der Waals surface area contributed by atoms with E-state index in [4.69, 9.17) is 4.74 Å². The minimum atomic E-state index is 0.149. The molecule has 0 aliphatic carbocycles. The lowest BCUT2D eigenvalue weighted by molar-refractivity contribution is 0.0940. The van der Waals surface area contributed by atoms with Crippen molar-refractivity contribution in [3.8, 4) is 0 Å². The van der Waals surface area contributed by atoms with Crippen LogP contribution in [-0.4, -0.2) is 32.0 Å². The third-order valence-electron chi connectivity index (χ3n) is 3.68. The van der Waals surface area contributed by atoms with E-state index in [1.165, 1.54) is 0 Å². The Hall–Kier alpha value is -1.82. The van der Waals surface area contributed by atoms with E-state index >= 15 is 0 Å². The topological polar surface area (TPSA) is 56.9 Å². The van der Waals surface area contributed by atoms with Gasteiger partial charge in [0.05, 0.1) is 30.6 Å². The maximum atomic E-state index is 5.63. The van der Waals surface area contributed by atoms with Gasteiger partial charge in [-0.2, -0.15) is 5.10 Å². The first kappa shape index (κ1) is 13.2. The zero-order chi connectivity index (χ0) is 13.9. The lowest BCUT2D eigenvalue weighted by Gasteiger charge is -2.13. The molecule has 1 N–H and O–H groups in total. The molecular formula is C14H21N5O. The van der Waals surface area contributed by atoms with E-state index in [0.29, 0.717) is 6.10 Å². The molecule has 1 aliphatic heterocycles. The van der Waals surface area contributed by atoms with Crippen molar-refractivity contribution in [3.63, 3.8) is 0 Å². The highest BCUT2D eigenvalue weighted by Crippen LogP contribution is 2.18. The van der Waals surface area contributed by atoms with Crippen LogP contribution >= 0.6 is 0 Å². The van der Waals surface area contributed by atoms with Gasteiger partial charge in [0.2, 0.25) is 0 Å². The van der Waals surface area contributed by atoms with Gasteiger partial charge in [0.15, 0.2) is 0 Å². The molecule has 1 fully saturated rings. The molecule has 0 amide bonds. The van der Waals surface area contributed by atoms with E-state index in [9.17, 15) is 0 Å². The quantitative estimate of drug-likeness (QED) is 0.906. The first-order valence-corrected chi connectivity index (χ1v) is 7.10. The maximum absolute atomic E-state index is 5.63. The van der Waals surface area contributed by atoms with Gasteiger partial charge in [-0.25, -0.2) is 4.98 Å². The fourth-order valence-corrected chi connectivity index (χ4v) is 2.64. The van der Waals surface area contributed by atoms with E-state index < -0.39 is 0 Å². The highest BCUT2D eigenvalue weighted by molar-refractivity contribution is 5.40. The molecule has 0 saturated carbocycles. The molecular weight excluding hydrogens is 254 g/mol. The number of nitrogens with zero attached hydrogens (tertiary/aromatic N) is 4. The zero-order valence-electron chi connectivity index (χ0n) is 12.0. The Kier molecular flexibility index (Phi) is 3.73. The molecule has 2 aromatic heterocycles. The standard InChI is InChI=1S/C14H21N5O/c1-11(14-15-5-6-18(14)2)17-12-8-16-19(9-12)10-13-4-3-7-20-13/h5-6,8-9,11,13,17H,3-4,7,10H2,1-2H3. The second-order valence-electron chi connectivity index (χ2n) is 5.35. The van der Waals surface area contributed by atoms with Crippen molar-refractivity contribution in [3.05, 3.63) is 30.6 Å². The Balaban J connectivity index is 1.60. The largest absolute Gasteiger partial charge is 0.376 e. The maximum Gasteiger partial charge on any atom is 0.130 e. The van der Waals surface area contributed by atoms with Gasteiger partial charge in [0.25, 0.3) is 0 Å². The summed E-state index contributed by atoms with van der Waals surface area (Å²) in [7, 11) is 2.00. The van der Waals surface area contributed by atoms with Crippen molar-refractivity contribution in [1.82, 2.24) is 19.3 Å². The van der Waals surface area contributed by atoms with Gasteiger partial charge in [-0.3, -0.25) is 4.68 Å². The number of nitrogens with one attached hydrogen (secondary N) is 1. The zero-order valence-corrected chi connectivity index (χ0v) is 12.0. The Bertz CT molecular complexity index is 555. The fraction of sp³-hybridized carbons (Fsp3) is 0.571. The summed E-state index contributed by atoms with van der Waals surface area (Å²) in [5.41, 5.74) is 1.01. The van der Waals surface area contributed by atoms with Crippen molar-refractivity contribution in [2.75, 3.05) is 11.9 Å². The summed E-state index contributed by atoms with van der Waals surface area (Å²) in [4.78, 5) is 4.36. The lowest BCUT2D eigenvalue weighted by atomic mass is 10.2. The van der Waals surface area contributed by atoms with Crippen LogP contribution in [0.2, 0.25) is 0 Å². The molecule has 2 aromatic rings. The highest BCUT2D eigenvalue weighted by Gasteiger charge is 2.17. The number of aryl methyl sites for hydroxylation is 1. The Morgan fingerprint density at radius 2 is 2.45 bits per heavy atom. The van der Waals surface area contributed by atoms with Gasteiger partial charge >= 0.3 is 0 Å². The van der Waals surface area contributed by atoms with Gasteiger partial charge in [-0.15, -0.1) is 0 Å². The molecule has 6 heteroatoms. The average Bonchev–Trinajstić information content (AvgIpc) is 3.12. The molecule has 1 saturated heterocycles. The van der Waals surface area contributed by atoms with Gasteiger partial charge in [-0.1, -0.05) is 0 Å². The molecule has 0 radical (unpaired) electrons. The van der Waals surface area contributed by atoms with Crippen molar-refractivity contribution < 1.29 is 4.74 Å². The summed E-state index contributed by atoms with van der Waals surface area (Å²) < 4.78 is 9.60. The molecule has 2 atom stereocenters. The first-order valence-electron chi connectivity index (χ1n) is 7.10. The smallest absolute Gasteiger partial charge is 0.130 e.